The molecule has 0 aliphatic rings. The van der Waals surface area contributed by atoms with Gasteiger partial charge < -0.3 is 14.9 Å². The maximum Gasteiger partial charge on any atom is 0.251 e. The maximum absolute atomic E-state index is 12.3. The first kappa shape index (κ1) is 17.0. The molecule has 0 unspecified atom stereocenters. The number of para-hydroxylation sites is 1. The first-order chi connectivity index (χ1) is 13.0. The number of nitrogens with zero attached hydrogens (tertiary/aromatic N) is 2. The number of aromatic amines is 1. The van der Waals surface area contributed by atoms with Gasteiger partial charge in [-0.05, 0) is 30.7 Å². The van der Waals surface area contributed by atoms with Crippen LogP contribution in [0.3, 0.4) is 0 Å². The highest BCUT2D eigenvalue weighted by molar-refractivity contribution is 6.08. The Labute approximate surface area is 155 Å². The fourth-order valence-corrected chi connectivity index (χ4v) is 3.49. The first-order valence-electron chi connectivity index (χ1n) is 8.81. The minimum absolute atomic E-state index is 0.102. The third-order valence-corrected chi connectivity index (χ3v) is 4.72. The molecule has 6 heteroatoms. The predicted octanol–water partition coefficient (Wildman–Crippen LogP) is 2.58. The summed E-state index contributed by atoms with van der Waals surface area (Å²) in [5.41, 5.74) is 3.60. The molecule has 0 saturated heterocycles. The summed E-state index contributed by atoms with van der Waals surface area (Å²) in [6.07, 6.45) is 0.279. The second-order valence-electron chi connectivity index (χ2n) is 6.70. The normalized spacial score (nSPS) is 11.2. The van der Waals surface area contributed by atoms with Gasteiger partial charge >= 0.3 is 0 Å². The molecule has 0 aliphatic heterocycles. The van der Waals surface area contributed by atoms with E-state index in [1.165, 1.54) is 17.0 Å². The van der Waals surface area contributed by atoms with Crippen molar-refractivity contribution in [3.8, 4) is 0 Å². The van der Waals surface area contributed by atoms with Crippen molar-refractivity contribution in [2.75, 3.05) is 0 Å². The average Bonchev–Trinajstić information content (AvgIpc) is 2.92. The molecule has 0 fully saturated rings. The molecule has 0 saturated carbocycles. The van der Waals surface area contributed by atoms with Gasteiger partial charge in [-0.2, -0.15) is 0 Å². The molecule has 0 atom stereocenters. The van der Waals surface area contributed by atoms with E-state index < -0.39 is 0 Å². The second-order valence-corrected chi connectivity index (χ2v) is 6.70. The number of rotatable bonds is 4. The monoisotopic (exact) mass is 360 g/mol. The highest BCUT2D eigenvalue weighted by Gasteiger charge is 2.10. The highest BCUT2D eigenvalue weighted by Crippen LogP contribution is 2.28. The van der Waals surface area contributed by atoms with E-state index >= 15 is 0 Å². The van der Waals surface area contributed by atoms with Crippen LogP contribution in [0.5, 0.6) is 0 Å². The Balaban J connectivity index is 1.53. The number of carbonyl (C=O) groups excluding carboxylic acids is 1. The van der Waals surface area contributed by atoms with Crippen LogP contribution in [0.25, 0.3) is 21.8 Å². The van der Waals surface area contributed by atoms with E-state index in [2.05, 4.69) is 44.1 Å². The predicted molar refractivity (Wildman–Crippen MR) is 106 cm³/mol. The number of hydrogen-bond donors (Lipinski definition) is 2. The van der Waals surface area contributed by atoms with Gasteiger partial charge in [-0.15, -0.1) is 0 Å². The molecule has 2 heterocycles. The standard InChI is InChI=1S/C21H20N4O2/c1-13-23-15(11-21(27)24-13)12-22-20(26)10-14-7-8-19-17(9-14)16-5-3-4-6-18(16)25(19)2/h3-9,11H,10,12H2,1-2H3,(H,22,26)(H,23,24,27). The molecule has 136 valence electrons. The zero-order valence-corrected chi connectivity index (χ0v) is 15.2. The SMILES string of the molecule is Cc1nc(CNC(=O)Cc2ccc3c(c2)c2ccccc2n3C)cc(=O)[nH]1. The summed E-state index contributed by atoms with van der Waals surface area (Å²) in [7, 11) is 2.05. The maximum atomic E-state index is 12.3. The molecule has 0 bridgehead atoms. The lowest BCUT2D eigenvalue weighted by Gasteiger charge is -2.06. The Bertz CT molecular complexity index is 1220. The third-order valence-electron chi connectivity index (χ3n) is 4.72. The van der Waals surface area contributed by atoms with Crippen LogP contribution in [0.4, 0.5) is 0 Å². The van der Waals surface area contributed by atoms with Gasteiger partial charge in [-0.1, -0.05) is 24.3 Å². The topological polar surface area (TPSA) is 79.8 Å². The van der Waals surface area contributed by atoms with Gasteiger partial charge in [-0.25, -0.2) is 4.98 Å². The van der Waals surface area contributed by atoms with Gasteiger partial charge in [0, 0.05) is 34.9 Å². The quantitative estimate of drug-likeness (QED) is 0.587. The minimum atomic E-state index is -0.215. The molecular weight excluding hydrogens is 340 g/mol. The van der Waals surface area contributed by atoms with Crippen molar-refractivity contribution in [1.29, 1.82) is 0 Å². The number of aromatic nitrogens is 3. The van der Waals surface area contributed by atoms with Gasteiger partial charge in [0.25, 0.3) is 5.56 Å². The highest BCUT2D eigenvalue weighted by atomic mass is 16.1. The number of fused-ring (bicyclic) bond motifs is 3. The summed E-state index contributed by atoms with van der Waals surface area (Å²) in [6, 6.07) is 15.8. The molecular formula is C21H20N4O2. The van der Waals surface area contributed by atoms with Crippen molar-refractivity contribution in [2.24, 2.45) is 7.05 Å². The van der Waals surface area contributed by atoms with E-state index in [9.17, 15) is 9.59 Å². The van der Waals surface area contributed by atoms with Gasteiger partial charge in [-0.3, -0.25) is 9.59 Å². The van der Waals surface area contributed by atoms with Gasteiger partial charge in [0.05, 0.1) is 18.7 Å². The van der Waals surface area contributed by atoms with E-state index in [0.717, 1.165) is 16.5 Å². The van der Waals surface area contributed by atoms with Crippen LogP contribution in [-0.2, 0) is 24.8 Å². The number of H-pyrrole nitrogens is 1. The summed E-state index contributed by atoms with van der Waals surface area (Å²) in [5, 5.41) is 5.16. The van der Waals surface area contributed by atoms with Crippen molar-refractivity contribution in [3.05, 3.63) is 76.0 Å². The van der Waals surface area contributed by atoms with Crippen LogP contribution >= 0.6 is 0 Å². The Morgan fingerprint density at radius 3 is 2.70 bits per heavy atom. The molecule has 4 aromatic rings. The third kappa shape index (κ3) is 3.33. The minimum Gasteiger partial charge on any atom is -0.350 e. The Hall–Kier alpha value is -3.41. The van der Waals surface area contributed by atoms with E-state index in [1.54, 1.807) is 6.92 Å². The molecule has 6 nitrogen and oxygen atoms in total. The Kier molecular flexibility index (Phi) is 4.24. The first-order valence-corrected chi connectivity index (χ1v) is 8.81. The van der Waals surface area contributed by atoms with Crippen LogP contribution in [0.1, 0.15) is 17.1 Å². The van der Waals surface area contributed by atoms with Crippen molar-refractivity contribution < 1.29 is 4.79 Å². The smallest absolute Gasteiger partial charge is 0.251 e. The molecule has 1 amide bonds. The summed E-state index contributed by atoms with van der Waals surface area (Å²) >= 11 is 0. The molecule has 2 N–H and O–H groups in total. The number of carbonyl (C=O) groups is 1. The lowest BCUT2D eigenvalue weighted by molar-refractivity contribution is -0.120. The van der Waals surface area contributed by atoms with Crippen molar-refractivity contribution in [1.82, 2.24) is 19.9 Å². The van der Waals surface area contributed by atoms with E-state index in [4.69, 9.17) is 0 Å². The summed E-state index contributed by atoms with van der Waals surface area (Å²) in [4.78, 5) is 30.6. The van der Waals surface area contributed by atoms with E-state index in [0.29, 0.717) is 11.5 Å². The fraction of sp³-hybridized carbons (Fsp3) is 0.190. The molecule has 27 heavy (non-hydrogen) atoms. The van der Waals surface area contributed by atoms with Gasteiger partial charge in [0.1, 0.15) is 5.82 Å². The van der Waals surface area contributed by atoms with Crippen LogP contribution in [0, 0.1) is 6.92 Å². The number of benzene rings is 2. The zero-order chi connectivity index (χ0) is 19.0. The lowest BCUT2D eigenvalue weighted by Crippen LogP contribution is -2.26. The Morgan fingerprint density at radius 2 is 1.89 bits per heavy atom. The lowest BCUT2D eigenvalue weighted by atomic mass is 10.1. The molecule has 0 radical (unpaired) electrons. The zero-order valence-electron chi connectivity index (χ0n) is 15.2. The molecule has 0 spiro atoms. The summed E-state index contributed by atoms with van der Waals surface area (Å²) < 4.78 is 2.16. The van der Waals surface area contributed by atoms with Crippen LogP contribution in [-0.4, -0.2) is 20.4 Å². The van der Waals surface area contributed by atoms with Crippen LogP contribution in [0.2, 0.25) is 0 Å². The van der Waals surface area contributed by atoms with Crippen molar-refractivity contribution in [3.63, 3.8) is 0 Å². The second kappa shape index (κ2) is 6.72. The number of nitrogens with one attached hydrogen (secondary N) is 2. The van der Waals surface area contributed by atoms with Crippen LogP contribution < -0.4 is 10.9 Å². The van der Waals surface area contributed by atoms with Gasteiger partial charge in [0.2, 0.25) is 5.91 Å². The van der Waals surface area contributed by atoms with Crippen LogP contribution in [0.15, 0.2) is 53.3 Å². The largest absolute Gasteiger partial charge is 0.350 e. The molecule has 4 rings (SSSR count). The number of hydrogen-bond acceptors (Lipinski definition) is 3. The molecule has 2 aromatic heterocycles. The number of amides is 1. The number of aryl methyl sites for hydroxylation is 2. The fourth-order valence-electron chi connectivity index (χ4n) is 3.49. The van der Waals surface area contributed by atoms with E-state index in [1.807, 2.05) is 25.2 Å². The molecule has 2 aromatic carbocycles. The van der Waals surface area contributed by atoms with Crippen molar-refractivity contribution in [2.45, 2.75) is 19.9 Å². The summed E-state index contributed by atoms with van der Waals surface area (Å²) in [5.74, 6) is 0.433. The molecule has 0 aliphatic carbocycles. The van der Waals surface area contributed by atoms with E-state index in [-0.39, 0.29) is 24.4 Å². The Morgan fingerprint density at radius 1 is 1.11 bits per heavy atom. The summed E-state index contributed by atoms with van der Waals surface area (Å²) in [6.45, 7) is 1.95. The van der Waals surface area contributed by atoms with Gasteiger partial charge in [0.15, 0.2) is 0 Å². The van der Waals surface area contributed by atoms with Crippen molar-refractivity contribution >= 4 is 27.7 Å². The average molecular weight is 360 g/mol.